The number of esters is 1. The molecule has 1 saturated heterocycles. The summed E-state index contributed by atoms with van der Waals surface area (Å²) in [5.74, 6) is -3.92. The maximum atomic E-state index is 13.9. The van der Waals surface area contributed by atoms with Gasteiger partial charge in [-0.3, -0.25) is 28.8 Å². The Kier molecular flexibility index (Phi) is 16.2. The number of hydrogen-bond acceptors (Lipinski definition) is 9. The molecule has 13 nitrogen and oxygen atoms in total. The SMILES string of the molecule is CC[C@H](C)[C@H](NC(=O)[C@H]1CCCCN1C(C)=O)C(=O)N[C@H](C[C@@H](OC(C)=O)c1nc(C(=O)N[C@@H](Cc2ccccc2)C[C@H](C)C(=O)O)cs1)C(C)C. The lowest BCUT2D eigenvalue weighted by molar-refractivity contribution is -0.147. The third-order valence-corrected chi connectivity index (χ3v) is 10.6. The quantitative estimate of drug-likeness (QED) is 0.158. The summed E-state index contributed by atoms with van der Waals surface area (Å²) in [6.07, 6.45) is 2.71. The van der Waals surface area contributed by atoms with Gasteiger partial charge in [-0.15, -0.1) is 11.3 Å². The van der Waals surface area contributed by atoms with Crippen molar-refractivity contribution in [3.63, 3.8) is 0 Å². The first kappa shape index (κ1) is 42.1. The first-order valence-corrected chi connectivity index (χ1v) is 19.1. The number of thiazole rings is 1. The van der Waals surface area contributed by atoms with Crippen molar-refractivity contribution in [1.29, 1.82) is 0 Å². The van der Waals surface area contributed by atoms with Gasteiger partial charge in [0.05, 0.1) is 5.92 Å². The molecule has 286 valence electrons. The number of aliphatic carboxylic acids is 1. The number of aromatic nitrogens is 1. The molecule has 2 aromatic rings. The molecule has 4 amide bonds. The summed E-state index contributed by atoms with van der Waals surface area (Å²) in [6, 6.07) is 7.00. The summed E-state index contributed by atoms with van der Waals surface area (Å²) in [4.78, 5) is 82.9. The molecule has 0 bridgehead atoms. The molecule has 52 heavy (non-hydrogen) atoms. The minimum atomic E-state index is -0.957. The molecule has 0 spiro atoms. The van der Waals surface area contributed by atoms with E-state index in [-0.39, 0.29) is 48.1 Å². The molecule has 3 rings (SSSR count). The Morgan fingerprint density at radius 2 is 1.67 bits per heavy atom. The summed E-state index contributed by atoms with van der Waals surface area (Å²) >= 11 is 1.15. The highest BCUT2D eigenvalue weighted by Crippen LogP contribution is 2.29. The Bertz CT molecular complexity index is 1530. The highest BCUT2D eigenvalue weighted by Gasteiger charge is 2.36. The highest BCUT2D eigenvalue weighted by atomic mass is 32.1. The predicted octanol–water partition coefficient (Wildman–Crippen LogP) is 4.66. The fraction of sp³-hybridized carbons (Fsp3) is 0.605. The van der Waals surface area contributed by atoms with Crippen LogP contribution in [0.5, 0.6) is 0 Å². The molecule has 7 atom stereocenters. The van der Waals surface area contributed by atoms with Gasteiger partial charge in [-0.25, -0.2) is 4.98 Å². The molecule has 0 saturated carbocycles. The largest absolute Gasteiger partial charge is 0.481 e. The van der Waals surface area contributed by atoms with Crippen LogP contribution in [0.3, 0.4) is 0 Å². The van der Waals surface area contributed by atoms with Crippen molar-refractivity contribution in [2.24, 2.45) is 17.8 Å². The van der Waals surface area contributed by atoms with Crippen molar-refractivity contribution >= 4 is 46.9 Å². The smallest absolute Gasteiger partial charge is 0.306 e. The van der Waals surface area contributed by atoms with Crippen molar-refractivity contribution < 1.29 is 38.6 Å². The Hall–Kier alpha value is -4.33. The van der Waals surface area contributed by atoms with Crippen molar-refractivity contribution in [3.05, 3.63) is 52.0 Å². The number of rotatable bonds is 18. The topological polar surface area (TPSA) is 184 Å². The number of carbonyl (C=O) groups excluding carboxylic acids is 5. The molecule has 4 N–H and O–H groups in total. The van der Waals surface area contributed by atoms with Crippen molar-refractivity contribution in [2.45, 2.75) is 124 Å². The number of carboxylic acid groups (broad SMARTS) is 1. The van der Waals surface area contributed by atoms with Gasteiger partial charge in [-0.2, -0.15) is 0 Å². The standard InChI is InChI=1S/C38H55N5O8S/c1-8-23(4)33(42-35(47)31-16-12-13-17-43(31)25(6)44)36(48)40-29(22(2)3)20-32(51-26(7)45)37-41-30(21-52-37)34(46)39-28(18-24(5)38(49)50)19-27-14-10-9-11-15-27/h9-11,14-15,21-24,28-29,31-33H,8,12-13,16-20H2,1-7H3,(H,39,46)(H,40,48)(H,42,47)(H,49,50)/t23-,24-,28+,29+,31+,32+,33-/m0/s1. The van der Waals surface area contributed by atoms with Crippen LogP contribution in [0.2, 0.25) is 0 Å². The van der Waals surface area contributed by atoms with E-state index in [1.807, 2.05) is 58.0 Å². The van der Waals surface area contributed by atoms with E-state index in [4.69, 9.17) is 4.74 Å². The van der Waals surface area contributed by atoms with Crippen LogP contribution in [0, 0.1) is 17.8 Å². The van der Waals surface area contributed by atoms with Crippen LogP contribution in [-0.4, -0.2) is 81.3 Å². The van der Waals surface area contributed by atoms with Crippen LogP contribution in [0.4, 0.5) is 0 Å². The third-order valence-electron chi connectivity index (χ3n) is 9.66. The molecule has 0 unspecified atom stereocenters. The van der Waals surface area contributed by atoms with Crippen LogP contribution in [0.15, 0.2) is 35.7 Å². The fourth-order valence-corrected chi connectivity index (χ4v) is 7.19. The second-order valence-electron chi connectivity index (χ2n) is 14.2. The summed E-state index contributed by atoms with van der Waals surface area (Å²) < 4.78 is 5.69. The minimum Gasteiger partial charge on any atom is -0.481 e. The van der Waals surface area contributed by atoms with E-state index in [0.29, 0.717) is 30.8 Å². The van der Waals surface area contributed by atoms with E-state index in [1.54, 1.807) is 17.2 Å². The van der Waals surface area contributed by atoms with Gasteiger partial charge in [0, 0.05) is 44.3 Å². The summed E-state index contributed by atoms with van der Waals surface area (Å²) in [7, 11) is 0. The van der Waals surface area contributed by atoms with E-state index in [2.05, 4.69) is 20.9 Å². The molecule has 1 aromatic carbocycles. The summed E-state index contributed by atoms with van der Waals surface area (Å²) in [5.41, 5.74) is 1.05. The molecule has 1 aliphatic rings. The Morgan fingerprint density at radius 1 is 0.981 bits per heavy atom. The molecule has 2 heterocycles. The number of benzene rings is 1. The van der Waals surface area contributed by atoms with Gasteiger partial charge in [0.1, 0.15) is 22.8 Å². The molecule has 1 aromatic heterocycles. The maximum absolute atomic E-state index is 13.9. The lowest BCUT2D eigenvalue weighted by atomic mass is 9.93. The first-order chi connectivity index (χ1) is 24.6. The number of amides is 4. The van der Waals surface area contributed by atoms with E-state index in [0.717, 1.165) is 29.7 Å². The minimum absolute atomic E-state index is 0.102. The second-order valence-corrected chi connectivity index (χ2v) is 15.1. The number of ether oxygens (including phenoxy) is 1. The average Bonchev–Trinajstić information content (AvgIpc) is 3.60. The van der Waals surface area contributed by atoms with Crippen LogP contribution >= 0.6 is 11.3 Å². The van der Waals surface area contributed by atoms with Crippen molar-refractivity contribution in [1.82, 2.24) is 25.8 Å². The average molecular weight is 742 g/mol. The molecule has 1 aliphatic heterocycles. The lowest BCUT2D eigenvalue weighted by Gasteiger charge is -2.36. The summed E-state index contributed by atoms with van der Waals surface area (Å²) in [6.45, 7) is 12.5. The van der Waals surface area contributed by atoms with Gasteiger partial charge in [-0.1, -0.05) is 71.4 Å². The summed E-state index contributed by atoms with van der Waals surface area (Å²) in [5, 5.41) is 20.4. The van der Waals surface area contributed by atoms with E-state index >= 15 is 0 Å². The Labute approximate surface area is 310 Å². The molecular formula is C38H55N5O8S. The fourth-order valence-electron chi connectivity index (χ4n) is 6.35. The number of hydrogen-bond donors (Lipinski definition) is 4. The van der Waals surface area contributed by atoms with Crippen LogP contribution in [-0.2, 0) is 35.1 Å². The van der Waals surface area contributed by atoms with Gasteiger partial charge in [0.2, 0.25) is 17.7 Å². The van der Waals surface area contributed by atoms with E-state index in [9.17, 15) is 33.9 Å². The maximum Gasteiger partial charge on any atom is 0.306 e. The zero-order chi connectivity index (χ0) is 38.5. The Balaban J connectivity index is 1.78. The van der Waals surface area contributed by atoms with Gasteiger partial charge in [0.15, 0.2) is 6.10 Å². The van der Waals surface area contributed by atoms with Gasteiger partial charge >= 0.3 is 11.9 Å². The monoisotopic (exact) mass is 741 g/mol. The number of carbonyl (C=O) groups is 6. The zero-order valence-electron chi connectivity index (χ0n) is 31.3. The first-order valence-electron chi connectivity index (χ1n) is 18.2. The second kappa shape index (κ2) is 20.1. The molecule has 0 radical (unpaired) electrons. The van der Waals surface area contributed by atoms with Crippen molar-refractivity contribution in [3.8, 4) is 0 Å². The van der Waals surface area contributed by atoms with Crippen LogP contribution in [0.1, 0.15) is 114 Å². The highest BCUT2D eigenvalue weighted by molar-refractivity contribution is 7.09. The number of carboxylic acids is 1. The van der Waals surface area contributed by atoms with Gasteiger partial charge < -0.3 is 30.7 Å². The molecule has 1 fully saturated rings. The van der Waals surface area contributed by atoms with Crippen LogP contribution in [0.25, 0.3) is 0 Å². The van der Waals surface area contributed by atoms with E-state index in [1.165, 1.54) is 13.8 Å². The van der Waals surface area contributed by atoms with E-state index < -0.39 is 54.0 Å². The number of likely N-dealkylation sites (tertiary alicyclic amines) is 1. The normalized spacial score (nSPS) is 17.9. The molecule has 14 heteroatoms. The van der Waals surface area contributed by atoms with Gasteiger partial charge in [0.25, 0.3) is 5.91 Å². The zero-order valence-corrected chi connectivity index (χ0v) is 32.2. The number of piperidine rings is 1. The number of nitrogens with zero attached hydrogens (tertiary/aromatic N) is 2. The molecular weight excluding hydrogens is 687 g/mol. The van der Waals surface area contributed by atoms with Gasteiger partial charge in [-0.05, 0) is 49.5 Å². The Morgan fingerprint density at radius 3 is 2.27 bits per heavy atom. The van der Waals surface area contributed by atoms with Crippen molar-refractivity contribution in [2.75, 3.05) is 6.54 Å². The van der Waals surface area contributed by atoms with Crippen LogP contribution < -0.4 is 16.0 Å². The predicted molar refractivity (Wildman–Crippen MR) is 197 cm³/mol. The molecule has 0 aliphatic carbocycles. The lowest BCUT2D eigenvalue weighted by Crippen LogP contribution is -2.58. The number of nitrogens with one attached hydrogen (secondary N) is 3. The third kappa shape index (κ3) is 12.4.